The fraction of sp³-hybridized carbons (Fsp3) is 0.333. The Balaban J connectivity index is 1.69. The first-order valence-electron chi connectivity index (χ1n) is 8.80. The molecule has 5 heteroatoms. The lowest BCUT2D eigenvalue weighted by atomic mass is 10.1. The van der Waals surface area contributed by atoms with E-state index < -0.39 is 0 Å². The van der Waals surface area contributed by atoms with Crippen LogP contribution in [0.2, 0.25) is 0 Å². The van der Waals surface area contributed by atoms with Crippen molar-refractivity contribution in [1.82, 2.24) is 9.80 Å². The highest BCUT2D eigenvalue weighted by molar-refractivity contribution is 5.98. The molecule has 1 aliphatic rings. The zero-order valence-corrected chi connectivity index (χ0v) is 15.5. The summed E-state index contributed by atoms with van der Waals surface area (Å²) >= 11 is 0. The monoisotopic (exact) mass is 352 g/mol. The largest absolute Gasteiger partial charge is 0.496 e. The molecule has 0 atom stereocenters. The van der Waals surface area contributed by atoms with Gasteiger partial charge in [-0.25, -0.2) is 0 Å². The van der Waals surface area contributed by atoms with E-state index in [0.717, 1.165) is 16.7 Å². The Bertz CT molecular complexity index is 824. The van der Waals surface area contributed by atoms with Gasteiger partial charge in [0.05, 0.1) is 12.7 Å². The van der Waals surface area contributed by atoms with Crippen molar-refractivity contribution < 1.29 is 14.3 Å². The Hall–Kier alpha value is -2.82. The molecule has 2 aromatic rings. The van der Waals surface area contributed by atoms with E-state index in [2.05, 4.69) is 0 Å². The van der Waals surface area contributed by atoms with Gasteiger partial charge in [-0.1, -0.05) is 29.8 Å². The van der Waals surface area contributed by atoms with Crippen LogP contribution in [0.3, 0.4) is 0 Å². The SMILES string of the molecule is COc1ccc(C)cc1C(=O)N1CCN(C(=O)c2ccccc2C)CC1. The summed E-state index contributed by atoms with van der Waals surface area (Å²) in [6.07, 6.45) is 0. The van der Waals surface area contributed by atoms with E-state index in [9.17, 15) is 9.59 Å². The number of nitrogens with zero attached hydrogens (tertiary/aromatic N) is 2. The molecule has 1 aliphatic heterocycles. The van der Waals surface area contributed by atoms with E-state index in [4.69, 9.17) is 4.74 Å². The maximum atomic E-state index is 12.9. The van der Waals surface area contributed by atoms with Crippen LogP contribution in [0.25, 0.3) is 0 Å². The van der Waals surface area contributed by atoms with E-state index in [1.54, 1.807) is 12.0 Å². The number of piperazine rings is 1. The number of hydrogen-bond acceptors (Lipinski definition) is 3. The normalized spacial score (nSPS) is 14.3. The lowest BCUT2D eigenvalue weighted by Crippen LogP contribution is -2.50. The Morgan fingerprint density at radius 3 is 2.00 bits per heavy atom. The summed E-state index contributed by atoms with van der Waals surface area (Å²) in [5.74, 6) is 0.566. The van der Waals surface area contributed by atoms with Crippen LogP contribution in [-0.4, -0.2) is 54.9 Å². The standard InChI is InChI=1S/C21H24N2O3/c1-15-8-9-19(26-3)18(14-15)21(25)23-12-10-22(11-13-23)20(24)17-7-5-4-6-16(17)2/h4-9,14H,10-13H2,1-3H3. The highest BCUT2D eigenvalue weighted by Crippen LogP contribution is 2.22. The molecule has 0 unspecified atom stereocenters. The molecule has 3 rings (SSSR count). The summed E-state index contributed by atoms with van der Waals surface area (Å²) in [7, 11) is 1.57. The van der Waals surface area contributed by atoms with E-state index in [1.807, 2.05) is 61.2 Å². The summed E-state index contributed by atoms with van der Waals surface area (Å²) in [6.45, 7) is 6.01. The smallest absolute Gasteiger partial charge is 0.257 e. The van der Waals surface area contributed by atoms with Gasteiger partial charge in [-0.05, 0) is 37.6 Å². The first kappa shape index (κ1) is 18.0. The Morgan fingerprint density at radius 2 is 1.42 bits per heavy atom. The van der Waals surface area contributed by atoms with Gasteiger partial charge in [-0.2, -0.15) is 0 Å². The van der Waals surface area contributed by atoms with Crippen molar-refractivity contribution in [1.29, 1.82) is 0 Å². The zero-order valence-electron chi connectivity index (χ0n) is 15.5. The van der Waals surface area contributed by atoms with Gasteiger partial charge in [0.1, 0.15) is 5.75 Å². The molecule has 0 bridgehead atoms. The van der Waals surface area contributed by atoms with Crippen LogP contribution < -0.4 is 4.74 Å². The first-order valence-corrected chi connectivity index (χ1v) is 8.80. The third-order valence-electron chi connectivity index (χ3n) is 4.81. The molecule has 1 fully saturated rings. The third kappa shape index (κ3) is 3.57. The maximum absolute atomic E-state index is 12.9. The lowest BCUT2D eigenvalue weighted by Gasteiger charge is -2.35. The summed E-state index contributed by atoms with van der Waals surface area (Å²) in [6, 6.07) is 13.2. The number of benzene rings is 2. The quantitative estimate of drug-likeness (QED) is 0.853. The molecular formula is C21H24N2O3. The van der Waals surface area contributed by atoms with Gasteiger partial charge < -0.3 is 14.5 Å². The molecule has 0 N–H and O–H groups in total. The van der Waals surface area contributed by atoms with E-state index in [-0.39, 0.29) is 11.8 Å². The Labute approximate surface area is 154 Å². The van der Waals surface area contributed by atoms with Crippen molar-refractivity contribution in [2.75, 3.05) is 33.3 Å². The minimum Gasteiger partial charge on any atom is -0.496 e. The molecule has 1 heterocycles. The van der Waals surface area contributed by atoms with Gasteiger partial charge in [0, 0.05) is 31.7 Å². The number of aryl methyl sites for hydroxylation is 2. The second-order valence-corrected chi connectivity index (χ2v) is 6.60. The van der Waals surface area contributed by atoms with Crippen molar-refractivity contribution in [3.8, 4) is 5.75 Å². The second kappa shape index (κ2) is 7.60. The van der Waals surface area contributed by atoms with Gasteiger partial charge in [0.25, 0.3) is 11.8 Å². The molecule has 136 valence electrons. The molecule has 0 aromatic heterocycles. The van der Waals surface area contributed by atoms with Crippen LogP contribution in [0, 0.1) is 13.8 Å². The van der Waals surface area contributed by atoms with Gasteiger partial charge in [-0.3, -0.25) is 9.59 Å². The van der Waals surface area contributed by atoms with Gasteiger partial charge in [0.15, 0.2) is 0 Å². The van der Waals surface area contributed by atoms with Crippen LogP contribution in [0.5, 0.6) is 5.75 Å². The molecule has 0 aliphatic carbocycles. The predicted octanol–water partition coefficient (Wildman–Crippen LogP) is 2.91. The number of amides is 2. The van der Waals surface area contributed by atoms with Crippen LogP contribution in [-0.2, 0) is 0 Å². The van der Waals surface area contributed by atoms with Crippen molar-refractivity contribution >= 4 is 11.8 Å². The number of carbonyl (C=O) groups is 2. The highest BCUT2D eigenvalue weighted by atomic mass is 16.5. The summed E-state index contributed by atoms with van der Waals surface area (Å²) in [4.78, 5) is 29.2. The molecule has 26 heavy (non-hydrogen) atoms. The van der Waals surface area contributed by atoms with Crippen molar-refractivity contribution in [3.63, 3.8) is 0 Å². The first-order chi connectivity index (χ1) is 12.5. The van der Waals surface area contributed by atoms with Crippen LogP contribution in [0.1, 0.15) is 31.8 Å². The van der Waals surface area contributed by atoms with Crippen molar-refractivity contribution in [3.05, 3.63) is 64.7 Å². The van der Waals surface area contributed by atoms with Crippen molar-refractivity contribution in [2.24, 2.45) is 0 Å². The van der Waals surface area contributed by atoms with Gasteiger partial charge in [0.2, 0.25) is 0 Å². The number of rotatable bonds is 3. The minimum absolute atomic E-state index is 0.0309. The summed E-state index contributed by atoms with van der Waals surface area (Å²) in [5, 5.41) is 0. The van der Waals surface area contributed by atoms with Crippen molar-refractivity contribution in [2.45, 2.75) is 13.8 Å². The van der Waals surface area contributed by atoms with Gasteiger partial charge in [-0.15, -0.1) is 0 Å². The highest BCUT2D eigenvalue weighted by Gasteiger charge is 2.27. The molecule has 2 aromatic carbocycles. The van der Waals surface area contributed by atoms with E-state index in [0.29, 0.717) is 37.5 Å². The molecule has 5 nitrogen and oxygen atoms in total. The molecule has 0 spiro atoms. The topological polar surface area (TPSA) is 49.9 Å². The van der Waals surface area contributed by atoms with E-state index >= 15 is 0 Å². The molecular weight excluding hydrogens is 328 g/mol. The fourth-order valence-corrected chi connectivity index (χ4v) is 3.26. The average Bonchev–Trinajstić information content (AvgIpc) is 2.67. The van der Waals surface area contributed by atoms with Gasteiger partial charge >= 0.3 is 0 Å². The summed E-state index contributed by atoms with van der Waals surface area (Å²) < 4.78 is 5.33. The number of hydrogen-bond donors (Lipinski definition) is 0. The van der Waals surface area contributed by atoms with Crippen LogP contribution in [0.15, 0.2) is 42.5 Å². The molecule has 1 saturated heterocycles. The molecule has 0 saturated carbocycles. The summed E-state index contributed by atoms with van der Waals surface area (Å²) in [5.41, 5.74) is 3.29. The van der Waals surface area contributed by atoms with Crippen LogP contribution >= 0.6 is 0 Å². The zero-order chi connectivity index (χ0) is 18.7. The number of carbonyl (C=O) groups excluding carboxylic acids is 2. The third-order valence-corrected chi connectivity index (χ3v) is 4.81. The second-order valence-electron chi connectivity index (χ2n) is 6.60. The number of methoxy groups -OCH3 is 1. The van der Waals surface area contributed by atoms with Crippen LogP contribution in [0.4, 0.5) is 0 Å². The molecule has 0 radical (unpaired) electrons. The average molecular weight is 352 g/mol. The molecule has 2 amide bonds. The number of ether oxygens (including phenoxy) is 1. The minimum atomic E-state index is -0.0476. The lowest BCUT2D eigenvalue weighted by molar-refractivity contribution is 0.0533. The van der Waals surface area contributed by atoms with E-state index in [1.165, 1.54) is 0 Å². The Kier molecular flexibility index (Phi) is 5.26. The maximum Gasteiger partial charge on any atom is 0.257 e. The predicted molar refractivity (Wildman–Crippen MR) is 101 cm³/mol. The Morgan fingerprint density at radius 1 is 0.846 bits per heavy atom. The fourth-order valence-electron chi connectivity index (χ4n) is 3.26.